The van der Waals surface area contributed by atoms with Crippen molar-refractivity contribution < 1.29 is 32.0 Å². The van der Waals surface area contributed by atoms with E-state index in [4.69, 9.17) is 9.47 Å². The van der Waals surface area contributed by atoms with Crippen molar-refractivity contribution in [3.05, 3.63) is 42.1 Å². The molecule has 0 saturated heterocycles. The van der Waals surface area contributed by atoms with Gasteiger partial charge in [0.05, 0.1) is 23.9 Å². The van der Waals surface area contributed by atoms with Crippen LogP contribution in [0.4, 0.5) is 0 Å². The topological polar surface area (TPSA) is 110 Å². The third kappa shape index (κ3) is 7.28. The number of ether oxygens (including phenoxy) is 2. The molecule has 1 fully saturated rings. The lowest BCUT2D eigenvalue weighted by Gasteiger charge is -2.32. The molecular formula is C21H16I5O7S-. The maximum atomic E-state index is 13.2. The molecule has 0 amide bonds. The minimum Gasteiger partial charge on any atom is -0.744 e. The third-order valence-corrected chi connectivity index (χ3v) is 10.9. The zero-order valence-electron chi connectivity index (χ0n) is 17.3. The molecule has 1 aliphatic rings. The number of rotatable bonds is 5. The molecule has 1 aliphatic carbocycles. The molecule has 3 unspecified atom stereocenters. The number of hydrogen-bond donors (Lipinski definition) is 0. The number of halogens is 5. The third-order valence-electron chi connectivity index (χ3n) is 5.32. The van der Waals surface area contributed by atoms with Gasteiger partial charge in [-0.05, 0) is 162 Å². The highest BCUT2D eigenvalue weighted by Crippen LogP contribution is 2.38. The number of hydrogen-bond acceptors (Lipinski definition) is 7. The van der Waals surface area contributed by atoms with Crippen molar-refractivity contribution in [1.82, 2.24) is 0 Å². The van der Waals surface area contributed by atoms with E-state index in [1.165, 1.54) is 12.1 Å². The van der Waals surface area contributed by atoms with Gasteiger partial charge >= 0.3 is 11.9 Å². The van der Waals surface area contributed by atoms with Crippen LogP contribution in [0.15, 0.2) is 29.2 Å². The fraction of sp³-hybridized carbons (Fsp3) is 0.333. The second-order valence-corrected chi connectivity index (χ2v) is 15.1. The first-order chi connectivity index (χ1) is 15.8. The van der Waals surface area contributed by atoms with Gasteiger partial charge in [0.1, 0.15) is 15.9 Å². The van der Waals surface area contributed by atoms with Gasteiger partial charge in [-0.1, -0.05) is 6.92 Å². The monoisotopic (exact) mass is 1050 g/mol. The SMILES string of the molecule is CC1CCC(C(=O)Oc2c(I)cc(I)cc2I)C(C(=O)Oc2cc(I)c(S(=O)(=O)[O-])c(I)c2)C1. The molecule has 3 rings (SSSR count). The lowest BCUT2D eigenvalue weighted by atomic mass is 9.74. The Kier molecular flexibility index (Phi) is 10.6. The predicted molar refractivity (Wildman–Crippen MR) is 166 cm³/mol. The van der Waals surface area contributed by atoms with Gasteiger partial charge in [0.25, 0.3) is 0 Å². The van der Waals surface area contributed by atoms with Crippen LogP contribution in [0.2, 0.25) is 0 Å². The van der Waals surface area contributed by atoms with Gasteiger partial charge in [0.2, 0.25) is 0 Å². The lowest BCUT2D eigenvalue weighted by Crippen LogP contribution is -2.39. The normalized spacial score (nSPS) is 20.6. The van der Waals surface area contributed by atoms with Crippen LogP contribution in [-0.4, -0.2) is 24.9 Å². The maximum Gasteiger partial charge on any atom is 0.315 e. The molecule has 1 saturated carbocycles. The van der Waals surface area contributed by atoms with Crippen molar-refractivity contribution in [2.75, 3.05) is 0 Å². The summed E-state index contributed by atoms with van der Waals surface area (Å²) in [4.78, 5) is 26.0. The van der Waals surface area contributed by atoms with Crippen LogP contribution in [0.25, 0.3) is 0 Å². The molecule has 0 bridgehead atoms. The minimum atomic E-state index is -4.67. The van der Waals surface area contributed by atoms with Crippen LogP contribution in [0.3, 0.4) is 0 Å². The Morgan fingerprint density at radius 1 is 0.853 bits per heavy atom. The van der Waals surface area contributed by atoms with Crippen molar-refractivity contribution in [3.63, 3.8) is 0 Å². The molecule has 13 heteroatoms. The highest BCUT2D eigenvalue weighted by Gasteiger charge is 2.41. The summed E-state index contributed by atoms with van der Waals surface area (Å²) < 4.78 is 48.8. The summed E-state index contributed by atoms with van der Waals surface area (Å²) in [7, 11) is -4.67. The van der Waals surface area contributed by atoms with E-state index in [0.717, 1.165) is 17.1 Å². The molecule has 0 radical (unpaired) electrons. The van der Waals surface area contributed by atoms with Gasteiger partial charge in [-0.25, -0.2) is 8.42 Å². The van der Waals surface area contributed by atoms with E-state index < -0.39 is 33.9 Å². The van der Waals surface area contributed by atoms with Crippen LogP contribution in [0.5, 0.6) is 11.5 Å². The summed E-state index contributed by atoms with van der Waals surface area (Å²) in [5.74, 6) is -1.57. The number of benzene rings is 2. The zero-order chi connectivity index (χ0) is 25.4. The van der Waals surface area contributed by atoms with Gasteiger partial charge in [-0.3, -0.25) is 9.59 Å². The van der Waals surface area contributed by atoms with E-state index in [9.17, 15) is 22.6 Å². The molecule has 0 aromatic heterocycles. The second-order valence-electron chi connectivity index (χ2n) is 7.84. The summed E-state index contributed by atoms with van der Waals surface area (Å²) >= 11 is 9.89. The van der Waals surface area contributed by atoms with Gasteiger partial charge in [-0.15, -0.1) is 0 Å². The Morgan fingerprint density at radius 3 is 1.91 bits per heavy atom. The molecule has 0 spiro atoms. The Balaban J connectivity index is 1.84. The quantitative estimate of drug-likeness (QED) is 0.153. The Labute approximate surface area is 265 Å². The molecule has 0 heterocycles. The van der Waals surface area contributed by atoms with Gasteiger partial charge < -0.3 is 14.0 Å². The highest BCUT2D eigenvalue weighted by atomic mass is 127. The van der Waals surface area contributed by atoms with Crippen molar-refractivity contribution in [3.8, 4) is 11.5 Å². The first kappa shape index (κ1) is 29.5. The Morgan fingerprint density at radius 2 is 1.38 bits per heavy atom. The smallest absolute Gasteiger partial charge is 0.315 e. The molecule has 2 aromatic rings. The van der Waals surface area contributed by atoms with Gasteiger partial charge in [0, 0.05) is 10.7 Å². The van der Waals surface area contributed by atoms with Crippen molar-refractivity contribution in [1.29, 1.82) is 0 Å². The molecule has 7 nitrogen and oxygen atoms in total. The zero-order valence-corrected chi connectivity index (χ0v) is 28.9. The average Bonchev–Trinajstić information content (AvgIpc) is 2.68. The standard InChI is InChI=1S/C21H17I5O7S/c1-9-2-3-12(20(27)33-18-14(23)5-10(22)6-15(18)24)13(4-9)21(28)32-11-7-16(25)19(17(26)8-11)34(29,30)31/h5-9,12-13H,2-4H2,1H3,(H,29,30,31)/p-1. The van der Waals surface area contributed by atoms with E-state index in [0.29, 0.717) is 18.6 Å². The molecule has 34 heavy (non-hydrogen) atoms. The Hall–Kier alpha value is 0.940. The number of carbonyl (C=O) groups is 2. The van der Waals surface area contributed by atoms with Crippen molar-refractivity contribution in [2.24, 2.45) is 17.8 Å². The minimum absolute atomic E-state index is 0.123. The highest BCUT2D eigenvalue weighted by molar-refractivity contribution is 14.1. The van der Waals surface area contributed by atoms with Crippen LogP contribution >= 0.6 is 113 Å². The van der Waals surface area contributed by atoms with Crippen molar-refractivity contribution >= 4 is 135 Å². The van der Waals surface area contributed by atoms with Crippen LogP contribution in [0.1, 0.15) is 26.2 Å². The molecular weight excluding hydrogens is 1030 g/mol. The van der Waals surface area contributed by atoms with Crippen LogP contribution in [-0.2, 0) is 19.7 Å². The van der Waals surface area contributed by atoms with Gasteiger partial charge in [0.15, 0.2) is 5.75 Å². The number of carbonyl (C=O) groups excluding carboxylic acids is 2. The average molecular weight is 1050 g/mol. The Bertz CT molecular complexity index is 1200. The summed E-state index contributed by atoms with van der Waals surface area (Å²) in [5.41, 5.74) is 0. The first-order valence-corrected chi connectivity index (χ1v) is 16.6. The summed E-state index contributed by atoms with van der Waals surface area (Å²) in [5, 5.41) is 0. The lowest BCUT2D eigenvalue weighted by molar-refractivity contribution is -0.153. The fourth-order valence-corrected chi connectivity index (χ4v) is 11.5. The summed E-state index contributed by atoms with van der Waals surface area (Å²) in [6, 6.07) is 6.49. The van der Waals surface area contributed by atoms with Crippen LogP contribution < -0.4 is 9.47 Å². The molecule has 0 N–H and O–H groups in total. The predicted octanol–water partition coefficient (Wildman–Crippen LogP) is 6.18. The summed E-state index contributed by atoms with van der Waals surface area (Å²) in [6.07, 6.45) is 1.76. The molecule has 3 atom stereocenters. The van der Waals surface area contributed by atoms with Gasteiger partial charge in [-0.2, -0.15) is 0 Å². The maximum absolute atomic E-state index is 13.2. The van der Waals surface area contributed by atoms with Crippen LogP contribution in [0, 0.1) is 35.6 Å². The number of esters is 2. The summed E-state index contributed by atoms with van der Waals surface area (Å²) in [6.45, 7) is 2.02. The van der Waals surface area contributed by atoms with E-state index in [-0.39, 0.29) is 23.7 Å². The van der Waals surface area contributed by atoms with E-state index in [2.05, 4.69) is 67.8 Å². The second kappa shape index (κ2) is 12.2. The first-order valence-electron chi connectivity index (χ1n) is 9.80. The fourth-order valence-electron chi connectivity index (χ4n) is 3.75. The van der Waals surface area contributed by atoms with E-state index >= 15 is 0 Å². The molecule has 184 valence electrons. The van der Waals surface area contributed by atoms with E-state index in [1.807, 2.05) is 19.1 Å². The van der Waals surface area contributed by atoms with Crippen molar-refractivity contribution in [2.45, 2.75) is 31.1 Å². The van der Waals surface area contributed by atoms with E-state index in [1.54, 1.807) is 45.2 Å². The molecule has 0 aliphatic heterocycles. The molecule has 2 aromatic carbocycles. The largest absolute Gasteiger partial charge is 0.744 e.